The molecule has 0 spiro atoms. The van der Waals surface area contributed by atoms with Gasteiger partial charge in [-0.15, -0.1) is 0 Å². The maximum atomic E-state index is 10.4. The van der Waals surface area contributed by atoms with Gasteiger partial charge in [0.15, 0.2) is 0 Å². The quantitative estimate of drug-likeness (QED) is 0.599. The summed E-state index contributed by atoms with van der Waals surface area (Å²) in [5.41, 5.74) is -0.0920. The van der Waals surface area contributed by atoms with Crippen molar-refractivity contribution in [2.24, 2.45) is 5.92 Å². The summed E-state index contributed by atoms with van der Waals surface area (Å²) in [4.78, 5) is 9.91. The van der Waals surface area contributed by atoms with E-state index in [1.807, 2.05) is 6.07 Å². The second-order valence-electron chi connectivity index (χ2n) is 3.21. The predicted molar refractivity (Wildman–Crippen MR) is 58.4 cm³/mol. The fourth-order valence-corrected chi connectivity index (χ4v) is 1.20. The van der Waals surface area contributed by atoms with Gasteiger partial charge in [-0.1, -0.05) is 11.6 Å². The van der Waals surface area contributed by atoms with Gasteiger partial charge in [0.25, 0.3) is 5.69 Å². The van der Waals surface area contributed by atoms with E-state index >= 15 is 0 Å². The summed E-state index contributed by atoms with van der Waals surface area (Å²) < 4.78 is 5.25. The van der Waals surface area contributed by atoms with Crippen LogP contribution in [0, 0.1) is 27.4 Å². The number of nitrogens with zero attached hydrogens (tertiary/aromatic N) is 2. The van der Waals surface area contributed by atoms with Crippen molar-refractivity contribution in [3.05, 3.63) is 33.3 Å². The van der Waals surface area contributed by atoms with Crippen LogP contribution in [0.5, 0.6) is 5.75 Å². The molecule has 1 unspecified atom stereocenters. The molecule has 0 N–H and O–H groups in total. The Labute approximate surface area is 97.4 Å². The van der Waals surface area contributed by atoms with Crippen LogP contribution in [-0.4, -0.2) is 11.5 Å². The van der Waals surface area contributed by atoms with E-state index in [1.54, 1.807) is 6.92 Å². The summed E-state index contributed by atoms with van der Waals surface area (Å²) in [6.07, 6.45) is 0. The summed E-state index contributed by atoms with van der Waals surface area (Å²) in [6, 6.07) is 5.95. The van der Waals surface area contributed by atoms with Crippen LogP contribution in [-0.2, 0) is 0 Å². The van der Waals surface area contributed by atoms with Crippen molar-refractivity contribution in [1.82, 2.24) is 0 Å². The highest BCUT2D eigenvalue weighted by atomic mass is 35.5. The molecule has 0 saturated carbocycles. The Hall–Kier alpha value is -1.80. The zero-order valence-corrected chi connectivity index (χ0v) is 9.27. The highest BCUT2D eigenvalue weighted by molar-refractivity contribution is 6.32. The normalized spacial score (nSPS) is 11.6. The lowest BCUT2D eigenvalue weighted by Crippen LogP contribution is -2.06. The second kappa shape index (κ2) is 5.33. The third-order valence-corrected chi connectivity index (χ3v) is 2.13. The summed E-state index contributed by atoms with van der Waals surface area (Å²) in [5.74, 6) is 0.0839. The molecule has 5 nitrogen and oxygen atoms in total. The first-order valence-electron chi connectivity index (χ1n) is 4.51. The molecular weight excluding hydrogens is 232 g/mol. The Balaban J connectivity index is 2.76. The van der Waals surface area contributed by atoms with Crippen LogP contribution in [0.25, 0.3) is 0 Å². The maximum Gasteiger partial charge on any atom is 0.271 e. The van der Waals surface area contributed by atoms with E-state index in [4.69, 9.17) is 21.6 Å². The van der Waals surface area contributed by atoms with Crippen molar-refractivity contribution >= 4 is 17.3 Å². The van der Waals surface area contributed by atoms with Crippen LogP contribution < -0.4 is 4.74 Å². The maximum absolute atomic E-state index is 10.4. The van der Waals surface area contributed by atoms with Gasteiger partial charge in [0, 0.05) is 12.1 Å². The Morgan fingerprint density at radius 1 is 1.69 bits per heavy atom. The number of ether oxygens (including phenoxy) is 1. The predicted octanol–water partition coefficient (Wildman–Crippen LogP) is 2.79. The minimum atomic E-state index is -0.534. The van der Waals surface area contributed by atoms with Gasteiger partial charge < -0.3 is 4.74 Å². The largest absolute Gasteiger partial charge is 0.491 e. The summed E-state index contributed by atoms with van der Waals surface area (Å²) in [5, 5.41) is 19.2. The number of rotatable bonds is 4. The number of nitro benzene ring substituents is 1. The van der Waals surface area contributed by atoms with Crippen LogP contribution in [0.2, 0.25) is 5.02 Å². The van der Waals surface area contributed by atoms with E-state index in [0.717, 1.165) is 0 Å². The molecule has 0 saturated heterocycles. The summed E-state index contributed by atoms with van der Waals surface area (Å²) in [7, 11) is 0. The van der Waals surface area contributed by atoms with Crippen molar-refractivity contribution in [1.29, 1.82) is 5.26 Å². The fourth-order valence-electron chi connectivity index (χ4n) is 0.972. The van der Waals surface area contributed by atoms with E-state index in [1.165, 1.54) is 18.2 Å². The fraction of sp³-hybridized carbons (Fsp3) is 0.300. The first-order chi connectivity index (χ1) is 7.54. The zero-order valence-electron chi connectivity index (χ0n) is 8.51. The molecule has 84 valence electrons. The molecule has 1 aromatic rings. The second-order valence-corrected chi connectivity index (χ2v) is 3.62. The third-order valence-electron chi connectivity index (χ3n) is 1.84. The zero-order chi connectivity index (χ0) is 12.1. The molecule has 0 aromatic heterocycles. The van der Waals surface area contributed by atoms with Crippen molar-refractivity contribution < 1.29 is 9.66 Å². The SMILES string of the molecule is CC(C#N)COc1ccc([N+](=O)[O-])cc1Cl. The Bertz CT molecular complexity index is 442. The van der Waals surface area contributed by atoms with Gasteiger partial charge in [0.05, 0.1) is 21.9 Å². The molecule has 6 heteroatoms. The number of nitriles is 1. The van der Waals surface area contributed by atoms with Gasteiger partial charge in [-0.25, -0.2) is 0 Å². The molecule has 0 aliphatic heterocycles. The number of benzene rings is 1. The first-order valence-corrected chi connectivity index (χ1v) is 4.88. The Kier molecular flexibility index (Phi) is 4.09. The average molecular weight is 241 g/mol. The highest BCUT2D eigenvalue weighted by Gasteiger charge is 2.11. The van der Waals surface area contributed by atoms with Crippen molar-refractivity contribution in [3.63, 3.8) is 0 Å². The minimum absolute atomic E-state index is 0.0920. The van der Waals surface area contributed by atoms with Gasteiger partial charge >= 0.3 is 0 Å². The molecular formula is C10H9ClN2O3. The molecule has 16 heavy (non-hydrogen) atoms. The van der Waals surface area contributed by atoms with Crippen molar-refractivity contribution in [2.45, 2.75) is 6.92 Å². The van der Waals surface area contributed by atoms with Gasteiger partial charge in [0.1, 0.15) is 12.4 Å². The molecule has 0 fully saturated rings. The van der Waals surface area contributed by atoms with Crippen LogP contribution in [0.1, 0.15) is 6.92 Å². The third kappa shape index (κ3) is 3.11. The number of non-ortho nitro benzene ring substituents is 1. The Morgan fingerprint density at radius 3 is 2.88 bits per heavy atom. The van der Waals surface area contributed by atoms with E-state index in [0.29, 0.717) is 5.75 Å². The van der Waals surface area contributed by atoms with E-state index in [9.17, 15) is 10.1 Å². The molecule has 1 atom stereocenters. The van der Waals surface area contributed by atoms with Crippen LogP contribution in [0.4, 0.5) is 5.69 Å². The molecule has 0 amide bonds. The smallest absolute Gasteiger partial charge is 0.271 e. The van der Waals surface area contributed by atoms with Crippen molar-refractivity contribution in [2.75, 3.05) is 6.61 Å². The van der Waals surface area contributed by atoms with Gasteiger partial charge in [-0.05, 0) is 13.0 Å². The minimum Gasteiger partial charge on any atom is -0.491 e. The standard InChI is InChI=1S/C10H9ClN2O3/c1-7(5-12)6-16-10-3-2-8(13(14)15)4-9(10)11/h2-4,7H,6H2,1H3. The van der Waals surface area contributed by atoms with E-state index in [2.05, 4.69) is 0 Å². The Morgan fingerprint density at radius 2 is 2.38 bits per heavy atom. The van der Waals surface area contributed by atoms with Gasteiger partial charge in [-0.2, -0.15) is 5.26 Å². The number of hydrogen-bond acceptors (Lipinski definition) is 4. The lowest BCUT2D eigenvalue weighted by atomic mass is 10.2. The molecule has 1 rings (SSSR count). The van der Waals surface area contributed by atoms with Crippen LogP contribution in [0.3, 0.4) is 0 Å². The monoisotopic (exact) mass is 240 g/mol. The van der Waals surface area contributed by atoms with Gasteiger partial charge in [0.2, 0.25) is 0 Å². The number of nitro groups is 1. The number of hydrogen-bond donors (Lipinski definition) is 0. The highest BCUT2D eigenvalue weighted by Crippen LogP contribution is 2.28. The average Bonchev–Trinajstić information content (AvgIpc) is 2.26. The van der Waals surface area contributed by atoms with Gasteiger partial charge in [-0.3, -0.25) is 10.1 Å². The van der Waals surface area contributed by atoms with Crippen LogP contribution >= 0.6 is 11.6 Å². The van der Waals surface area contributed by atoms with E-state index < -0.39 is 4.92 Å². The topological polar surface area (TPSA) is 76.2 Å². The lowest BCUT2D eigenvalue weighted by molar-refractivity contribution is -0.384. The van der Waals surface area contributed by atoms with E-state index in [-0.39, 0.29) is 23.2 Å². The number of halogens is 1. The van der Waals surface area contributed by atoms with Crippen molar-refractivity contribution in [3.8, 4) is 11.8 Å². The molecule has 0 bridgehead atoms. The first kappa shape index (κ1) is 12.3. The molecule has 0 radical (unpaired) electrons. The summed E-state index contributed by atoms with van der Waals surface area (Å²) in [6.45, 7) is 1.91. The molecule has 0 aliphatic rings. The summed E-state index contributed by atoms with van der Waals surface area (Å²) >= 11 is 5.79. The molecule has 1 aromatic carbocycles. The molecule has 0 aliphatic carbocycles. The molecule has 0 heterocycles. The lowest BCUT2D eigenvalue weighted by Gasteiger charge is -2.08. The van der Waals surface area contributed by atoms with Crippen LogP contribution in [0.15, 0.2) is 18.2 Å².